The SMILES string of the molecule is CCSP(C)(=S)CC. The summed E-state index contributed by atoms with van der Waals surface area (Å²) in [6.45, 7) is 6.57. The van der Waals surface area contributed by atoms with Gasteiger partial charge in [-0.1, -0.05) is 25.7 Å². The average Bonchev–Trinajstić information content (AvgIpc) is 1.67. The molecule has 50 valence electrons. The Hall–Kier alpha value is 1.00. The van der Waals surface area contributed by atoms with E-state index in [4.69, 9.17) is 11.8 Å². The van der Waals surface area contributed by atoms with Gasteiger partial charge in [-0.25, -0.2) is 0 Å². The topological polar surface area (TPSA) is 0 Å². The molecule has 0 bridgehead atoms. The van der Waals surface area contributed by atoms with Crippen molar-refractivity contribution < 1.29 is 0 Å². The maximum absolute atomic E-state index is 5.32. The summed E-state index contributed by atoms with van der Waals surface area (Å²) in [5.41, 5.74) is 0. The second kappa shape index (κ2) is 3.92. The molecule has 0 fully saturated rings. The highest BCUT2D eigenvalue weighted by Gasteiger charge is 2.03. The van der Waals surface area contributed by atoms with Gasteiger partial charge >= 0.3 is 0 Å². The molecule has 0 radical (unpaired) electrons. The molecular formula is C5H13PS2. The van der Waals surface area contributed by atoms with Crippen molar-refractivity contribution in [1.29, 1.82) is 0 Å². The maximum Gasteiger partial charge on any atom is 0.00336 e. The van der Waals surface area contributed by atoms with E-state index in [9.17, 15) is 0 Å². The van der Waals surface area contributed by atoms with Crippen molar-refractivity contribution in [3.05, 3.63) is 0 Å². The predicted octanol–water partition coefficient (Wildman–Crippen LogP) is 2.78. The van der Waals surface area contributed by atoms with Crippen LogP contribution in [0.25, 0.3) is 0 Å². The van der Waals surface area contributed by atoms with E-state index in [1.807, 2.05) is 11.4 Å². The highest BCUT2D eigenvalue weighted by Crippen LogP contribution is 2.54. The zero-order chi connectivity index (χ0) is 6.62. The van der Waals surface area contributed by atoms with E-state index < -0.39 is 5.24 Å². The fourth-order valence-electron chi connectivity index (χ4n) is 0.364. The first-order chi connectivity index (χ1) is 3.62. The summed E-state index contributed by atoms with van der Waals surface area (Å²) in [6.07, 6.45) is 1.20. The van der Waals surface area contributed by atoms with Crippen LogP contribution in [0.1, 0.15) is 13.8 Å². The summed E-state index contributed by atoms with van der Waals surface area (Å²) in [5.74, 6) is 1.18. The zero-order valence-corrected chi connectivity index (χ0v) is 8.21. The molecule has 0 rings (SSSR count). The number of hydrogen-bond donors (Lipinski definition) is 0. The quantitative estimate of drug-likeness (QED) is 0.594. The van der Waals surface area contributed by atoms with E-state index in [0.29, 0.717) is 0 Å². The van der Waals surface area contributed by atoms with Gasteiger partial charge in [0.15, 0.2) is 0 Å². The molecule has 0 saturated heterocycles. The fourth-order valence-corrected chi connectivity index (χ4v) is 4.23. The molecule has 1 atom stereocenters. The van der Waals surface area contributed by atoms with Crippen molar-refractivity contribution in [1.82, 2.24) is 0 Å². The van der Waals surface area contributed by atoms with Crippen LogP contribution in [0, 0.1) is 0 Å². The molecule has 0 aromatic carbocycles. The second-order valence-corrected chi connectivity index (χ2v) is 11.5. The van der Waals surface area contributed by atoms with Crippen molar-refractivity contribution in [3.8, 4) is 0 Å². The Morgan fingerprint density at radius 1 is 1.50 bits per heavy atom. The third kappa shape index (κ3) is 3.94. The van der Waals surface area contributed by atoms with Crippen molar-refractivity contribution >= 4 is 28.4 Å². The third-order valence-corrected chi connectivity index (χ3v) is 7.84. The van der Waals surface area contributed by atoms with Gasteiger partial charge < -0.3 is 0 Å². The Morgan fingerprint density at radius 2 is 2.00 bits per heavy atom. The molecule has 0 heterocycles. The fraction of sp³-hybridized carbons (Fsp3) is 1.00. The zero-order valence-electron chi connectivity index (χ0n) is 5.68. The molecule has 0 aliphatic heterocycles. The van der Waals surface area contributed by atoms with E-state index >= 15 is 0 Å². The molecule has 0 aliphatic rings. The molecule has 3 heteroatoms. The molecule has 0 spiro atoms. The second-order valence-electron chi connectivity index (χ2n) is 1.75. The third-order valence-electron chi connectivity index (χ3n) is 0.977. The largest absolute Gasteiger partial charge is 0.124 e. The average molecular weight is 168 g/mol. The Labute approximate surface area is 61.2 Å². The maximum atomic E-state index is 5.32. The van der Waals surface area contributed by atoms with Crippen molar-refractivity contribution in [2.75, 3.05) is 18.6 Å². The summed E-state index contributed by atoms with van der Waals surface area (Å²) < 4.78 is 0. The van der Waals surface area contributed by atoms with Gasteiger partial charge in [0.2, 0.25) is 0 Å². The summed E-state index contributed by atoms with van der Waals surface area (Å²) in [6, 6.07) is 0. The van der Waals surface area contributed by atoms with Crippen molar-refractivity contribution in [3.63, 3.8) is 0 Å². The Morgan fingerprint density at radius 3 is 2.12 bits per heavy atom. The van der Waals surface area contributed by atoms with Crippen LogP contribution in [0.3, 0.4) is 0 Å². The molecule has 8 heavy (non-hydrogen) atoms. The van der Waals surface area contributed by atoms with E-state index in [0.717, 1.165) is 0 Å². The van der Waals surface area contributed by atoms with Crippen LogP contribution >= 0.6 is 16.6 Å². The van der Waals surface area contributed by atoms with Gasteiger partial charge in [-0.3, -0.25) is 0 Å². The van der Waals surface area contributed by atoms with Gasteiger partial charge in [-0.05, 0) is 18.6 Å². The van der Waals surface area contributed by atoms with Crippen molar-refractivity contribution in [2.24, 2.45) is 0 Å². The standard InChI is InChI=1S/C5H13PS2/c1-4-6(3,7)8-5-2/h4-5H2,1-3H3. The minimum absolute atomic E-state index is 0.923. The molecule has 0 nitrogen and oxygen atoms in total. The first-order valence-corrected chi connectivity index (χ1v) is 7.86. The summed E-state index contributed by atoms with van der Waals surface area (Å²) in [5, 5.41) is -0.923. The van der Waals surface area contributed by atoms with Crippen LogP contribution in [0.4, 0.5) is 0 Å². The lowest BCUT2D eigenvalue weighted by atomic mass is 11.0. The van der Waals surface area contributed by atoms with Crippen LogP contribution in [-0.4, -0.2) is 18.6 Å². The van der Waals surface area contributed by atoms with Gasteiger partial charge in [0, 0.05) is 5.24 Å². The minimum Gasteiger partial charge on any atom is -0.124 e. The van der Waals surface area contributed by atoms with E-state index in [1.165, 1.54) is 11.9 Å². The normalized spacial score (nSPS) is 17.9. The Balaban J connectivity index is 3.55. The van der Waals surface area contributed by atoms with E-state index in [2.05, 4.69) is 20.5 Å². The molecule has 0 aromatic heterocycles. The van der Waals surface area contributed by atoms with E-state index in [-0.39, 0.29) is 0 Å². The number of hydrogen-bond acceptors (Lipinski definition) is 2. The lowest BCUT2D eigenvalue weighted by Gasteiger charge is -2.10. The Kier molecular flexibility index (Phi) is 4.41. The molecule has 0 saturated carbocycles. The summed E-state index contributed by atoms with van der Waals surface area (Å²) in [7, 11) is 0. The summed E-state index contributed by atoms with van der Waals surface area (Å²) in [4.78, 5) is 0. The first-order valence-electron chi connectivity index (χ1n) is 2.83. The lowest BCUT2D eigenvalue weighted by molar-refractivity contribution is 1.50. The predicted molar refractivity (Wildman–Crippen MR) is 48.9 cm³/mol. The van der Waals surface area contributed by atoms with Gasteiger partial charge in [0.05, 0.1) is 0 Å². The Bertz CT molecular complexity index is 101. The lowest BCUT2D eigenvalue weighted by Crippen LogP contribution is -1.75. The van der Waals surface area contributed by atoms with E-state index in [1.54, 1.807) is 0 Å². The highest BCUT2D eigenvalue weighted by molar-refractivity contribution is 8.70. The van der Waals surface area contributed by atoms with Crippen LogP contribution in [-0.2, 0) is 11.8 Å². The van der Waals surface area contributed by atoms with Crippen LogP contribution < -0.4 is 0 Å². The van der Waals surface area contributed by atoms with Gasteiger partial charge in [-0.15, -0.1) is 11.4 Å². The van der Waals surface area contributed by atoms with Crippen molar-refractivity contribution in [2.45, 2.75) is 13.8 Å². The first kappa shape index (κ1) is 9.00. The molecule has 0 aliphatic carbocycles. The van der Waals surface area contributed by atoms with Gasteiger partial charge in [0.25, 0.3) is 0 Å². The molecule has 0 amide bonds. The summed E-state index contributed by atoms with van der Waals surface area (Å²) >= 11 is 7.28. The van der Waals surface area contributed by atoms with Gasteiger partial charge in [0.1, 0.15) is 0 Å². The van der Waals surface area contributed by atoms with Crippen LogP contribution in [0.15, 0.2) is 0 Å². The minimum atomic E-state index is -0.923. The monoisotopic (exact) mass is 168 g/mol. The molecule has 1 unspecified atom stereocenters. The molecular weight excluding hydrogens is 155 g/mol. The van der Waals surface area contributed by atoms with Gasteiger partial charge in [-0.2, -0.15) is 0 Å². The smallest absolute Gasteiger partial charge is 0.00336 e. The number of rotatable bonds is 3. The van der Waals surface area contributed by atoms with Crippen LogP contribution in [0.5, 0.6) is 0 Å². The molecule has 0 aromatic rings. The van der Waals surface area contributed by atoms with Crippen LogP contribution in [0.2, 0.25) is 0 Å². The highest BCUT2D eigenvalue weighted by atomic mass is 32.9. The molecule has 0 N–H and O–H groups in total.